The molecule has 1 aromatic carbocycles. The van der Waals surface area contributed by atoms with Crippen LogP contribution in [0.25, 0.3) is 0 Å². The summed E-state index contributed by atoms with van der Waals surface area (Å²) in [6, 6.07) is 5.17. The first-order valence-electron chi connectivity index (χ1n) is 5.15. The predicted octanol–water partition coefficient (Wildman–Crippen LogP) is 2.92. The SMILES string of the molecule is O=C(Cc1cc(F)ccc1F)c1ccc(F)cn1. The molecule has 0 spiro atoms. The molecule has 5 heteroatoms. The number of benzene rings is 1. The number of carbonyl (C=O) groups excluding carboxylic acids is 1. The Morgan fingerprint density at radius 2 is 1.78 bits per heavy atom. The summed E-state index contributed by atoms with van der Waals surface area (Å²) in [5.41, 5.74) is -0.0359. The average Bonchev–Trinajstić information content (AvgIpc) is 2.34. The maximum atomic E-state index is 13.3. The molecule has 0 unspecified atom stereocenters. The van der Waals surface area contributed by atoms with Crippen LogP contribution in [0.2, 0.25) is 0 Å². The van der Waals surface area contributed by atoms with Gasteiger partial charge < -0.3 is 0 Å². The van der Waals surface area contributed by atoms with Crippen LogP contribution in [0.15, 0.2) is 36.5 Å². The van der Waals surface area contributed by atoms with E-state index in [0.29, 0.717) is 0 Å². The lowest BCUT2D eigenvalue weighted by Gasteiger charge is -2.02. The Morgan fingerprint density at radius 3 is 2.44 bits per heavy atom. The normalized spacial score (nSPS) is 10.4. The molecule has 0 saturated carbocycles. The highest BCUT2D eigenvalue weighted by atomic mass is 19.1. The van der Waals surface area contributed by atoms with Crippen LogP contribution in [0.4, 0.5) is 13.2 Å². The van der Waals surface area contributed by atoms with Gasteiger partial charge in [0.2, 0.25) is 0 Å². The summed E-state index contributed by atoms with van der Waals surface area (Å²) < 4.78 is 38.8. The van der Waals surface area contributed by atoms with Crippen molar-refractivity contribution < 1.29 is 18.0 Å². The Bertz CT molecular complexity index is 581. The molecule has 0 atom stereocenters. The molecule has 2 nitrogen and oxygen atoms in total. The highest BCUT2D eigenvalue weighted by molar-refractivity contribution is 5.95. The first-order chi connectivity index (χ1) is 8.56. The van der Waals surface area contributed by atoms with Crippen LogP contribution in [0.5, 0.6) is 0 Å². The van der Waals surface area contributed by atoms with Crippen LogP contribution >= 0.6 is 0 Å². The smallest absolute Gasteiger partial charge is 0.185 e. The minimum Gasteiger partial charge on any atom is -0.292 e. The van der Waals surface area contributed by atoms with Crippen LogP contribution in [0.1, 0.15) is 16.1 Å². The van der Waals surface area contributed by atoms with E-state index < -0.39 is 23.2 Å². The zero-order chi connectivity index (χ0) is 13.1. The summed E-state index contributed by atoms with van der Waals surface area (Å²) in [7, 11) is 0. The molecule has 1 heterocycles. The van der Waals surface area contributed by atoms with E-state index in [1.807, 2.05) is 0 Å². The lowest BCUT2D eigenvalue weighted by molar-refractivity contribution is 0.0987. The summed E-state index contributed by atoms with van der Waals surface area (Å²) in [6.07, 6.45) is 0.581. The zero-order valence-corrected chi connectivity index (χ0v) is 9.16. The summed E-state index contributed by atoms with van der Waals surface area (Å²) in [5.74, 6) is -2.35. The fraction of sp³-hybridized carbons (Fsp3) is 0.0769. The maximum Gasteiger partial charge on any atom is 0.185 e. The Balaban J connectivity index is 2.21. The van der Waals surface area contributed by atoms with Crippen molar-refractivity contribution in [3.63, 3.8) is 0 Å². The molecule has 0 bridgehead atoms. The lowest BCUT2D eigenvalue weighted by atomic mass is 10.1. The monoisotopic (exact) mass is 251 g/mol. The molecule has 0 amide bonds. The van der Waals surface area contributed by atoms with Gasteiger partial charge in [-0.1, -0.05) is 0 Å². The Labute approximate surface area is 101 Å². The molecule has 2 aromatic rings. The van der Waals surface area contributed by atoms with Crippen LogP contribution in [-0.2, 0) is 6.42 Å². The Hall–Kier alpha value is -2.17. The van der Waals surface area contributed by atoms with Gasteiger partial charge in [-0.25, -0.2) is 13.2 Å². The highest BCUT2D eigenvalue weighted by Crippen LogP contribution is 2.12. The third kappa shape index (κ3) is 2.74. The fourth-order valence-corrected chi connectivity index (χ4v) is 1.48. The molecule has 0 aliphatic rings. The first-order valence-corrected chi connectivity index (χ1v) is 5.15. The third-order valence-electron chi connectivity index (χ3n) is 2.37. The maximum absolute atomic E-state index is 13.3. The van der Waals surface area contributed by atoms with Crippen LogP contribution < -0.4 is 0 Å². The summed E-state index contributed by atoms with van der Waals surface area (Å²) in [4.78, 5) is 15.3. The van der Waals surface area contributed by atoms with Gasteiger partial charge in [0.1, 0.15) is 23.1 Å². The van der Waals surface area contributed by atoms with E-state index in [1.54, 1.807) is 0 Å². The molecule has 0 radical (unpaired) electrons. The van der Waals surface area contributed by atoms with E-state index in [-0.39, 0.29) is 17.7 Å². The molecule has 0 saturated heterocycles. The number of halogens is 3. The topological polar surface area (TPSA) is 30.0 Å². The van der Waals surface area contributed by atoms with Crippen molar-refractivity contribution in [1.82, 2.24) is 4.98 Å². The Morgan fingerprint density at radius 1 is 1.06 bits per heavy atom. The minimum atomic E-state index is -0.660. The standard InChI is InChI=1S/C13H8F3NO/c14-9-1-3-11(16)8(5-9)6-13(18)12-4-2-10(15)7-17-12/h1-5,7H,6H2. The van der Waals surface area contributed by atoms with E-state index in [0.717, 1.165) is 30.5 Å². The van der Waals surface area contributed by atoms with E-state index >= 15 is 0 Å². The largest absolute Gasteiger partial charge is 0.292 e. The van der Waals surface area contributed by atoms with E-state index in [2.05, 4.69) is 4.98 Å². The van der Waals surface area contributed by atoms with Gasteiger partial charge in [0, 0.05) is 6.42 Å². The van der Waals surface area contributed by atoms with Crippen molar-refractivity contribution in [3.05, 3.63) is 65.2 Å². The molecule has 0 aliphatic heterocycles. The zero-order valence-electron chi connectivity index (χ0n) is 9.16. The van der Waals surface area contributed by atoms with Crippen LogP contribution in [0.3, 0.4) is 0 Å². The second kappa shape index (κ2) is 5.00. The molecular formula is C13H8F3NO. The van der Waals surface area contributed by atoms with E-state index in [9.17, 15) is 18.0 Å². The van der Waals surface area contributed by atoms with E-state index in [4.69, 9.17) is 0 Å². The molecule has 2 rings (SSSR count). The number of Topliss-reactive ketones (excluding diaryl/α,β-unsaturated/α-hetero) is 1. The molecular weight excluding hydrogens is 243 g/mol. The van der Waals surface area contributed by atoms with Gasteiger partial charge in [0.25, 0.3) is 0 Å². The molecule has 0 aliphatic carbocycles. The van der Waals surface area contributed by atoms with Gasteiger partial charge in [0.05, 0.1) is 6.20 Å². The number of hydrogen-bond donors (Lipinski definition) is 0. The lowest BCUT2D eigenvalue weighted by Crippen LogP contribution is -2.07. The van der Waals surface area contributed by atoms with Crippen LogP contribution in [0, 0.1) is 17.5 Å². The van der Waals surface area contributed by atoms with Crippen molar-refractivity contribution in [2.24, 2.45) is 0 Å². The predicted molar refractivity (Wildman–Crippen MR) is 58.6 cm³/mol. The van der Waals surface area contributed by atoms with Gasteiger partial charge >= 0.3 is 0 Å². The van der Waals surface area contributed by atoms with Crippen molar-refractivity contribution >= 4 is 5.78 Å². The second-order valence-electron chi connectivity index (χ2n) is 3.70. The molecule has 92 valence electrons. The summed E-state index contributed by atoms with van der Waals surface area (Å²) in [6.45, 7) is 0. The number of hydrogen-bond acceptors (Lipinski definition) is 2. The quantitative estimate of drug-likeness (QED) is 0.785. The number of aromatic nitrogens is 1. The van der Waals surface area contributed by atoms with Gasteiger partial charge in [-0.2, -0.15) is 0 Å². The third-order valence-corrected chi connectivity index (χ3v) is 2.37. The van der Waals surface area contributed by atoms with Crippen molar-refractivity contribution in [2.45, 2.75) is 6.42 Å². The minimum absolute atomic E-state index is 0.0139. The second-order valence-corrected chi connectivity index (χ2v) is 3.70. The van der Waals surface area contributed by atoms with Crippen molar-refractivity contribution in [1.29, 1.82) is 0 Å². The summed E-state index contributed by atoms with van der Waals surface area (Å²) in [5, 5.41) is 0. The molecule has 0 fully saturated rings. The number of carbonyl (C=O) groups is 1. The molecule has 18 heavy (non-hydrogen) atoms. The highest BCUT2D eigenvalue weighted by Gasteiger charge is 2.12. The Kier molecular flexibility index (Phi) is 3.41. The number of pyridine rings is 1. The first kappa shape index (κ1) is 12.3. The number of ketones is 1. The van der Waals surface area contributed by atoms with E-state index in [1.165, 1.54) is 6.07 Å². The molecule has 1 aromatic heterocycles. The van der Waals surface area contributed by atoms with Crippen molar-refractivity contribution in [3.8, 4) is 0 Å². The van der Waals surface area contributed by atoms with Crippen molar-refractivity contribution in [2.75, 3.05) is 0 Å². The van der Waals surface area contributed by atoms with Crippen LogP contribution in [-0.4, -0.2) is 10.8 Å². The van der Waals surface area contributed by atoms with Gasteiger partial charge in [-0.3, -0.25) is 9.78 Å². The fourth-order valence-electron chi connectivity index (χ4n) is 1.48. The summed E-state index contributed by atoms with van der Waals surface area (Å²) >= 11 is 0. The number of nitrogens with zero attached hydrogens (tertiary/aromatic N) is 1. The molecule has 0 N–H and O–H groups in total. The average molecular weight is 251 g/mol. The number of rotatable bonds is 3. The van der Waals surface area contributed by atoms with Gasteiger partial charge in [-0.05, 0) is 35.9 Å². The van der Waals surface area contributed by atoms with Gasteiger partial charge in [-0.15, -0.1) is 0 Å². The van der Waals surface area contributed by atoms with Gasteiger partial charge in [0.15, 0.2) is 5.78 Å².